The van der Waals surface area contributed by atoms with Crippen molar-refractivity contribution in [2.75, 3.05) is 48.1 Å². The van der Waals surface area contributed by atoms with Gasteiger partial charge in [-0.1, -0.05) is 0 Å². The maximum absolute atomic E-state index is 4.94. The first kappa shape index (κ1) is 9.88. The summed E-state index contributed by atoms with van der Waals surface area (Å²) in [6, 6.07) is 0. The van der Waals surface area contributed by atoms with E-state index in [-0.39, 0.29) is 0 Å². The van der Waals surface area contributed by atoms with Crippen molar-refractivity contribution >= 4 is 0 Å². The van der Waals surface area contributed by atoms with Gasteiger partial charge in [-0.2, -0.15) is 0 Å². The molecule has 62 valence electrons. The van der Waals surface area contributed by atoms with E-state index in [4.69, 9.17) is 4.74 Å². The summed E-state index contributed by atoms with van der Waals surface area (Å²) in [5, 5.41) is 0. The van der Waals surface area contributed by atoms with Crippen molar-refractivity contribution in [2.45, 2.75) is 0 Å². The summed E-state index contributed by atoms with van der Waals surface area (Å²) in [6.45, 7) is 2.86. The highest BCUT2D eigenvalue weighted by atomic mass is 16.5. The number of hydrogen-bond donors (Lipinski definition) is 0. The molecule has 0 heterocycles. The summed E-state index contributed by atoms with van der Waals surface area (Å²) in [4.78, 5) is 4.30. The number of ether oxygens (including phenoxy) is 1. The minimum Gasteiger partial charge on any atom is -0.369 e. The molecule has 0 unspecified atom stereocenters. The zero-order chi connectivity index (χ0) is 7.98. The van der Waals surface area contributed by atoms with Gasteiger partial charge >= 0.3 is 0 Å². The molecule has 0 saturated carbocycles. The minimum absolute atomic E-state index is 0.716. The van der Waals surface area contributed by atoms with Gasteiger partial charge in [0.25, 0.3) is 0 Å². The maximum atomic E-state index is 4.94. The van der Waals surface area contributed by atoms with Crippen molar-refractivity contribution in [1.29, 1.82) is 0 Å². The van der Waals surface area contributed by atoms with E-state index in [0.717, 1.165) is 13.1 Å². The highest BCUT2D eigenvalue weighted by Gasteiger charge is 1.95. The molecule has 0 aliphatic carbocycles. The predicted octanol–water partition coefficient (Wildman–Crippen LogP) is 0.0837. The van der Waals surface area contributed by atoms with Crippen LogP contribution in [0.2, 0.25) is 0 Å². The molecule has 0 rings (SSSR count). The van der Waals surface area contributed by atoms with Crippen LogP contribution in [0.3, 0.4) is 0 Å². The average molecular weight is 146 g/mol. The van der Waals surface area contributed by atoms with Crippen LogP contribution in [0.15, 0.2) is 0 Å². The number of rotatable bonds is 5. The van der Waals surface area contributed by atoms with Gasteiger partial charge in [-0.05, 0) is 21.1 Å². The van der Waals surface area contributed by atoms with Gasteiger partial charge in [0.05, 0.1) is 6.73 Å². The van der Waals surface area contributed by atoms with Gasteiger partial charge in [0.15, 0.2) is 0 Å². The molecule has 0 saturated heterocycles. The highest BCUT2D eigenvalue weighted by molar-refractivity contribution is 4.48. The third-order valence-corrected chi connectivity index (χ3v) is 1.28. The summed E-state index contributed by atoms with van der Waals surface area (Å²) < 4.78 is 4.94. The lowest BCUT2D eigenvalue weighted by atomic mass is 10.5. The van der Waals surface area contributed by atoms with E-state index in [1.807, 2.05) is 7.05 Å². The lowest BCUT2D eigenvalue weighted by Crippen LogP contribution is -2.29. The van der Waals surface area contributed by atoms with Crippen LogP contribution >= 0.6 is 0 Å². The lowest BCUT2D eigenvalue weighted by Gasteiger charge is -2.17. The Kier molecular flexibility index (Phi) is 5.58. The highest BCUT2D eigenvalue weighted by Crippen LogP contribution is 1.82. The lowest BCUT2D eigenvalue weighted by molar-refractivity contribution is 0.0776. The molecule has 10 heavy (non-hydrogen) atoms. The summed E-state index contributed by atoms with van der Waals surface area (Å²) in [5.41, 5.74) is 0. The summed E-state index contributed by atoms with van der Waals surface area (Å²) in [6.07, 6.45) is 0. The van der Waals surface area contributed by atoms with E-state index in [0.29, 0.717) is 6.73 Å². The summed E-state index contributed by atoms with van der Waals surface area (Å²) in [7, 11) is 7.90. The number of likely N-dealkylation sites (N-methyl/N-ethyl adjacent to an activating group) is 2. The molecular weight excluding hydrogens is 128 g/mol. The monoisotopic (exact) mass is 146 g/mol. The third-order valence-electron chi connectivity index (χ3n) is 1.28. The molecule has 0 aromatic carbocycles. The fourth-order valence-corrected chi connectivity index (χ4v) is 0.656. The van der Waals surface area contributed by atoms with Gasteiger partial charge in [0.2, 0.25) is 0 Å². The largest absolute Gasteiger partial charge is 0.369 e. The van der Waals surface area contributed by atoms with Crippen LogP contribution in [0, 0.1) is 0 Å². The van der Waals surface area contributed by atoms with Crippen LogP contribution in [0.25, 0.3) is 0 Å². The molecule has 0 spiro atoms. The Morgan fingerprint density at radius 3 is 2.10 bits per heavy atom. The molecule has 0 radical (unpaired) electrons. The molecule has 3 nitrogen and oxygen atoms in total. The van der Waals surface area contributed by atoms with Gasteiger partial charge in [-0.25, -0.2) is 0 Å². The molecular formula is C7H18N2O. The quantitative estimate of drug-likeness (QED) is 0.511. The fourth-order valence-electron chi connectivity index (χ4n) is 0.656. The van der Waals surface area contributed by atoms with Crippen LogP contribution in [0.1, 0.15) is 0 Å². The van der Waals surface area contributed by atoms with Crippen LogP contribution in [0.4, 0.5) is 0 Å². The third kappa shape index (κ3) is 6.01. The smallest absolute Gasteiger partial charge is 0.0984 e. The van der Waals surface area contributed by atoms with Crippen molar-refractivity contribution in [3.8, 4) is 0 Å². The zero-order valence-corrected chi connectivity index (χ0v) is 7.42. The number of hydrogen-bond acceptors (Lipinski definition) is 3. The van der Waals surface area contributed by atoms with E-state index in [1.54, 1.807) is 7.11 Å². The topological polar surface area (TPSA) is 15.7 Å². The second kappa shape index (κ2) is 5.65. The first-order valence-electron chi connectivity index (χ1n) is 3.49. The molecule has 0 aliphatic rings. The van der Waals surface area contributed by atoms with Gasteiger partial charge in [0.1, 0.15) is 0 Å². The van der Waals surface area contributed by atoms with Crippen LogP contribution in [-0.4, -0.2) is 57.9 Å². The van der Waals surface area contributed by atoms with E-state index >= 15 is 0 Å². The number of nitrogens with zero attached hydrogens (tertiary/aromatic N) is 2. The van der Waals surface area contributed by atoms with E-state index < -0.39 is 0 Å². The van der Waals surface area contributed by atoms with Gasteiger partial charge in [-0.15, -0.1) is 0 Å². The first-order chi connectivity index (χ1) is 4.66. The molecule has 0 N–H and O–H groups in total. The standard InChI is InChI=1S/C7H18N2O/c1-8(2)5-6-9(3)7-10-4/h5-7H2,1-4H3. The Hall–Kier alpha value is -0.120. The molecule has 0 amide bonds. The molecule has 0 bridgehead atoms. The van der Waals surface area contributed by atoms with Crippen LogP contribution in [-0.2, 0) is 4.74 Å². The van der Waals surface area contributed by atoms with Crippen molar-refractivity contribution in [3.63, 3.8) is 0 Å². The van der Waals surface area contributed by atoms with Crippen molar-refractivity contribution in [1.82, 2.24) is 9.80 Å². The van der Waals surface area contributed by atoms with Gasteiger partial charge in [-0.3, -0.25) is 4.90 Å². The summed E-state index contributed by atoms with van der Waals surface area (Å²) >= 11 is 0. The minimum atomic E-state index is 0.716. The number of methoxy groups -OCH3 is 1. The van der Waals surface area contributed by atoms with Crippen molar-refractivity contribution in [3.05, 3.63) is 0 Å². The molecule has 0 aromatic heterocycles. The van der Waals surface area contributed by atoms with E-state index in [2.05, 4.69) is 23.9 Å². The predicted molar refractivity (Wildman–Crippen MR) is 43.1 cm³/mol. The Morgan fingerprint density at radius 1 is 1.10 bits per heavy atom. The molecule has 0 atom stereocenters. The fraction of sp³-hybridized carbons (Fsp3) is 1.00. The van der Waals surface area contributed by atoms with Crippen molar-refractivity contribution in [2.24, 2.45) is 0 Å². The molecule has 0 fully saturated rings. The van der Waals surface area contributed by atoms with E-state index in [9.17, 15) is 0 Å². The van der Waals surface area contributed by atoms with E-state index in [1.165, 1.54) is 0 Å². The molecule has 0 aliphatic heterocycles. The zero-order valence-electron chi connectivity index (χ0n) is 7.42. The molecule has 0 aromatic rings. The summed E-state index contributed by atoms with van der Waals surface area (Å²) in [5.74, 6) is 0. The Bertz CT molecular complexity index is 76.0. The SMILES string of the molecule is COCN(C)CCN(C)C. The second-order valence-electron chi connectivity index (χ2n) is 2.80. The van der Waals surface area contributed by atoms with Gasteiger partial charge in [0, 0.05) is 20.2 Å². The normalized spacial score (nSPS) is 11.4. The Labute approximate surface area is 63.6 Å². The second-order valence-corrected chi connectivity index (χ2v) is 2.80. The maximum Gasteiger partial charge on any atom is 0.0984 e. The van der Waals surface area contributed by atoms with Crippen LogP contribution < -0.4 is 0 Å². The molecule has 3 heteroatoms. The van der Waals surface area contributed by atoms with Crippen molar-refractivity contribution < 1.29 is 4.74 Å². The van der Waals surface area contributed by atoms with Crippen LogP contribution in [0.5, 0.6) is 0 Å². The Morgan fingerprint density at radius 2 is 1.70 bits per heavy atom. The average Bonchev–Trinajstić information content (AvgIpc) is 1.85. The van der Waals surface area contributed by atoms with Gasteiger partial charge < -0.3 is 9.64 Å². The first-order valence-corrected chi connectivity index (χ1v) is 3.49. The Balaban J connectivity index is 3.12.